The molecule has 2 rings (SSSR count). The van der Waals surface area contributed by atoms with Crippen LogP contribution in [0.25, 0.3) is 0 Å². The molecule has 0 aliphatic rings. The van der Waals surface area contributed by atoms with Gasteiger partial charge in [-0.25, -0.2) is 0 Å². The maximum absolute atomic E-state index is 12.0. The highest BCUT2D eigenvalue weighted by atomic mass is 16.5. The van der Waals surface area contributed by atoms with Crippen molar-refractivity contribution in [2.45, 2.75) is 13.8 Å². The van der Waals surface area contributed by atoms with Crippen molar-refractivity contribution in [3.63, 3.8) is 0 Å². The summed E-state index contributed by atoms with van der Waals surface area (Å²) in [5.74, 6) is -0.170. The first-order chi connectivity index (χ1) is 9.54. The molecule has 0 unspecified atom stereocenters. The van der Waals surface area contributed by atoms with Crippen LogP contribution in [-0.2, 0) is 4.79 Å². The highest BCUT2D eigenvalue weighted by Gasteiger charge is 2.07. The number of hydrogen-bond donors (Lipinski definition) is 1. The van der Waals surface area contributed by atoms with Crippen LogP contribution in [0.2, 0.25) is 0 Å². The van der Waals surface area contributed by atoms with Crippen LogP contribution < -0.4 is 10.1 Å². The number of carbonyl (C=O) groups excluding carboxylic acids is 2. The highest BCUT2D eigenvalue weighted by Crippen LogP contribution is 2.15. The van der Waals surface area contributed by atoms with Gasteiger partial charge in [0, 0.05) is 18.2 Å². The summed E-state index contributed by atoms with van der Waals surface area (Å²) < 4.78 is 4.91. The Kier molecular flexibility index (Phi) is 4.15. The lowest BCUT2D eigenvalue weighted by Crippen LogP contribution is -2.12. The van der Waals surface area contributed by atoms with Gasteiger partial charge in [-0.3, -0.25) is 9.59 Å². The molecule has 0 aromatic heterocycles. The van der Waals surface area contributed by atoms with Gasteiger partial charge in [0.05, 0.1) is 0 Å². The molecule has 1 amide bonds. The Hall–Kier alpha value is -2.62. The normalized spacial score (nSPS) is 9.90. The molecule has 0 bridgehead atoms. The fourth-order valence-electron chi connectivity index (χ4n) is 1.77. The molecule has 0 atom stereocenters. The molecular formula is C16H15NO3. The van der Waals surface area contributed by atoms with E-state index in [1.54, 1.807) is 24.3 Å². The second-order valence-electron chi connectivity index (χ2n) is 4.44. The van der Waals surface area contributed by atoms with E-state index in [-0.39, 0.29) is 11.9 Å². The van der Waals surface area contributed by atoms with E-state index in [2.05, 4.69) is 5.32 Å². The SMILES string of the molecule is CC(=O)Oc1ccc(C(=O)Nc2cccc(C)c2)cc1. The van der Waals surface area contributed by atoms with Gasteiger partial charge in [-0.1, -0.05) is 12.1 Å². The van der Waals surface area contributed by atoms with Gasteiger partial charge in [0.1, 0.15) is 5.75 Å². The van der Waals surface area contributed by atoms with Gasteiger partial charge in [0.15, 0.2) is 0 Å². The molecule has 0 aliphatic heterocycles. The quantitative estimate of drug-likeness (QED) is 0.687. The summed E-state index contributed by atoms with van der Waals surface area (Å²) in [6.07, 6.45) is 0. The summed E-state index contributed by atoms with van der Waals surface area (Å²) in [4.78, 5) is 22.8. The van der Waals surface area contributed by atoms with E-state index in [1.807, 2.05) is 31.2 Å². The van der Waals surface area contributed by atoms with Gasteiger partial charge >= 0.3 is 5.97 Å². The number of aryl methyl sites for hydroxylation is 1. The monoisotopic (exact) mass is 269 g/mol. The molecule has 0 radical (unpaired) electrons. The molecule has 4 heteroatoms. The molecule has 0 spiro atoms. The molecular weight excluding hydrogens is 254 g/mol. The fraction of sp³-hybridized carbons (Fsp3) is 0.125. The smallest absolute Gasteiger partial charge is 0.308 e. The van der Waals surface area contributed by atoms with Gasteiger partial charge in [0.2, 0.25) is 0 Å². The number of esters is 1. The third-order valence-corrected chi connectivity index (χ3v) is 2.65. The number of anilines is 1. The number of hydrogen-bond acceptors (Lipinski definition) is 3. The Labute approximate surface area is 117 Å². The first-order valence-electron chi connectivity index (χ1n) is 6.21. The van der Waals surface area contributed by atoms with E-state index in [0.29, 0.717) is 11.3 Å². The van der Waals surface area contributed by atoms with Gasteiger partial charge in [-0.05, 0) is 48.9 Å². The second kappa shape index (κ2) is 6.02. The first-order valence-corrected chi connectivity index (χ1v) is 6.21. The average Bonchev–Trinajstić information content (AvgIpc) is 2.38. The molecule has 102 valence electrons. The Bertz CT molecular complexity index is 632. The summed E-state index contributed by atoms with van der Waals surface area (Å²) in [7, 11) is 0. The summed E-state index contributed by atoms with van der Waals surface area (Å²) in [6, 6.07) is 14.0. The zero-order chi connectivity index (χ0) is 14.5. The molecule has 0 aliphatic carbocycles. The maximum Gasteiger partial charge on any atom is 0.308 e. The average molecular weight is 269 g/mol. The van der Waals surface area contributed by atoms with Crippen molar-refractivity contribution in [2.24, 2.45) is 0 Å². The zero-order valence-corrected chi connectivity index (χ0v) is 11.3. The number of nitrogens with one attached hydrogen (secondary N) is 1. The summed E-state index contributed by atoms with van der Waals surface area (Å²) in [5, 5.41) is 2.81. The maximum atomic E-state index is 12.0. The van der Waals surface area contributed by atoms with Crippen molar-refractivity contribution >= 4 is 17.6 Å². The van der Waals surface area contributed by atoms with Crippen LogP contribution in [0.1, 0.15) is 22.8 Å². The number of carbonyl (C=O) groups is 2. The largest absolute Gasteiger partial charge is 0.427 e. The van der Waals surface area contributed by atoms with E-state index in [4.69, 9.17) is 4.74 Å². The lowest BCUT2D eigenvalue weighted by Gasteiger charge is -2.07. The minimum atomic E-state index is -0.387. The second-order valence-corrected chi connectivity index (χ2v) is 4.44. The van der Waals surface area contributed by atoms with Gasteiger partial charge in [0.25, 0.3) is 5.91 Å². The molecule has 2 aromatic rings. The van der Waals surface area contributed by atoms with Gasteiger partial charge < -0.3 is 10.1 Å². The summed E-state index contributed by atoms with van der Waals surface area (Å²) in [6.45, 7) is 3.29. The van der Waals surface area contributed by atoms with Crippen LogP contribution in [0.5, 0.6) is 5.75 Å². The topological polar surface area (TPSA) is 55.4 Å². The number of benzene rings is 2. The summed E-state index contributed by atoms with van der Waals surface area (Å²) >= 11 is 0. The van der Waals surface area contributed by atoms with Gasteiger partial charge in [-0.2, -0.15) is 0 Å². The Morgan fingerprint density at radius 3 is 2.35 bits per heavy atom. The van der Waals surface area contributed by atoms with Crippen LogP contribution in [0.4, 0.5) is 5.69 Å². The van der Waals surface area contributed by atoms with Crippen LogP contribution in [-0.4, -0.2) is 11.9 Å². The van der Waals surface area contributed by atoms with Gasteiger partial charge in [-0.15, -0.1) is 0 Å². The molecule has 0 saturated heterocycles. The third kappa shape index (κ3) is 3.68. The minimum absolute atomic E-state index is 0.204. The van der Waals surface area contributed by atoms with Crippen molar-refractivity contribution in [3.8, 4) is 5.75 Å². The van der Waals surface area contributed by atoms with Crippen LogP contribution >= 0.6 is 0 Å². The summed E-state index contributed by atoms with van der Waals surface area (Å²) in [5.41, 5.74) is 2.33. The fourth-order valence-corrected chi connectivity index (χ4v) is 1.77. The van der Waals surface area contributed by atoms with E-state index < -0.39 is 0 Å². The van der Waals surface area contributed by atoms with Crippen LogP contribution in [0.15, 0.2) is 48.5 Å². The Morgan fingerprint density at radius 2 is 1.75 bits per heavy atom. The number of amides is 1. The highest BCUT2D eigenvalue weighted by molar-refractivity contribution is 6.04. The molecule has 4 nitrogen and oxygen atoms in total. The lowest BCUT2D eigenvalue weighted by atomic mass is 10.2. The predicted molar refractivity (Wildman–Crippen MR) is 76.9 cm³/mol. The Morgan fingerprint density at radius 1 is 1.05 bits per heavy atom. The van der Waals surface area contributed by atoms with E-state index >= 15 is 0 Å². The van der Waals surface area contributed by atoms with Crippen LogP contribution in [0, 0.1) is 6.92 Å². The molecule has 2 aromatic carbocycles. The molecule has 0 heterocycles. The van der Waals surface area contributed by atoms with Crippen molar-refractivity contribution in [1.29, 1.82) is 0 Å². The number of rotatable bonds is 3. The molecule has 20 heavy (non-hydrogen) atoms. The van der Waals surface area contributed by atoms with Crippen molar-refractivity contribution < 1.29 is 14.3 Å². The van der Waals surface area contributed by atoms with Crippen molar-refractivity contribution in [1.82, 2.24) is 0 Å². The lowest BCUT2D eigenvalue weighted by molar-refractivity contribution is -0.131. The molecule has 0 saturated carbocycles. The van der Waals surface area contributed by atoms with Crippen molar-refractivity contribution in [2.75, 3.05) is 5.32 Å². The minimum Gasteiger partial charge on any atom is -0.427 e. The van der Waals surface area contributed by atoms with Crippen LogP contribution in [0.3, 0.4) is 0 Å². The predicted octanol–water partition coefficient (Wildman–Crippen LogP) is 3.17. The standard InChI is InChI=1S/C16H15NO3/c1-11-4-3-5-14(10-11)17-16(19)13-6-8-15(9-7-13)20-12(2)18/h3-10H,1-2H3,(H,17,19). The van der Waals surface area contributed by atoms with E-state index in [1.165, 1.54) is 6.92 Å². The van der Waals surface area contributed by atoms with E-state index in [9.17, 15) is 9.59 Å². The third-order valence-electron chi connectivity index (χ3n) is 2.65. The number of ether oxygens (including phenoxy) is 1. The Balaban J connectivity index is 2.07. The molecule has 0 fully saturated rings. The van der Waals surface area contributed by atoms with E-state index in [0.717, 1.165) is 11.3 Å². The van der Waals surface area contributed by atoms with Crippen molar-refractivity contribution in [3.05, 3.63) is 59.7 Å². The molecule has 1 N–H and O–H groups in total. The first kappa shape index (κ1) is 13.8. The zero-order valence-electron chi connectivity index (χ0n) is 11.3.